The van der Waals surface area contributed by atoms with E-state index in [1.807, 2.05) is 0 Å². The van der Waals surface area contributed by atoms with Gasteiger partial charge in [0.1, 0.15) is 0 Å². The van der Waals surface area contributed by atoms with Crippen molar-refractivity contribution in [2.45, 2.75) is 51.5 Å². The van der Waals surface area contributed by atoms with Crippen LogP contribution in [0.3, 0.4) is 0 Å². The van der Waals surface area contributed by atoms with Crippen molar-refractivity contribution < 1.29 is 9.53 Å². The van der Waals surface area contributed by atoms with Crippen LogP contribution < -0.4 is 0 Å². The number of carbonyl (C=O) groups is 1. The van der Waals surface area contributed by atoms with E-state index in [1.165, 1.54) is 20.0 Å². The lowest BCUT2D eigenvalue weighted by atomic mass is 10.1. The summed E-state index contributed by atoms with van der Waals surface area (Å²) < 4.78 is 4.45. The molecule has 4 nitrogen and oxygen atoms in total. The molecule has 0 spiro atoms. The van der Waals surface area contributed by atoms with E-state index >= 15 is 0 Å². The molecule has 1 atom stereocenters. The minimum Gasteiger partial charge on any atom is -0.467 e. The number of esters is 1. The number of hydrogen-bond acceptors (Lipinski definition) is 4. The molecule has 4 heteroatoms. The second-order valence-electron chi connectivity index (χ2n) is 3.35. The molecule has 0 aromatic carbocycles. The highest BCUT2D eigenvalue weighted by molar-refractivity contribution is 5.75. The number of rotatable bonds is 8. The molecule has 0 aromatic heterocycles. The van der Waals surface area contributed by atoms with Crippen molar-refractivity contribution in [1.82, 2.24) is 0 Å². The maximum Gasteiger partial charge on any atom is 0.334 e. The van der Waals surface area contributed by atoms with Crippen LogP contribution >= 0.6 is 0 Å². The maximum atomic E-state index is 10.9. The number of hydrogen-bond donors (Lipinski definition) is 0. The summed E-state index contributed by atoms with van der Waals surface area (Å²) in [6.45, 7) is 2.14. The molecule has 0 N–H and O–H groups in total. The molecule has 0 saturated carbocycles. The predicted molar refractivity (Wildman–Crippen MR) is 55.0 cm³/mol. The third kappa shape index (κ3) is 5.67. The first kappa shape index (κ1) is 13.1. The molecule has 0 radical (unpaired) electrons. The van der Waals surface area contributed by atoms with Gasteiger partial charge in [0, 0.05) is 0 Å². The van der Waals surface area contributed by atoms with E-state index in [9.17, 15) is 9.70 Å². The van der Waals surface area contributed by atoms with Gasteiger partial charge < -0.3 is 4.74 Å². The second kappa shape index (κ2) is 8.66. The Kier molecular flexibility index (Phi) is 8.08. The Labute approximate surface area is 85.0 Å². The van der Waals surface area contributed by atoms with Crippen molar-refractivity contribution in [3.05, 3.63) is 4.91 Å². The van der Waals surface area contributed by atoms with Gasteiger partial charge in [-0.25, -0.2) is 4.79 Å². The Morgan fingerprint density at radius 2 is 1.93 bits per heavy atom. The summed E-state index contributed by atoms with van der Waals surface area (Å²) in [5, 5.41) is 2.75. The molecule has 14 heavy (non-hydrogen) atoms. The SMILES string of the molecule is CCCCCCCC(N=O)C(=O)OC. The van der Waals surface area contributed by atoms with Crippen LogP contribution in [0, 0.1) is 4.91 Å². The van der Waals surface area contributed by atoms with E-state index in [0.29, 0.717) is 6.42 Å². The Balaban J connectivity index is 3.53. The van der Waals surface area contributed by atoms with Crippen molar-refractivity contribution in [1.29, 1.82) is 0 Å². The third-order valence-electron chi connectivity index (χ3n) is 2.18. The predicted octanol–water partition coefficient (Wildman–Crippen LogP) is 2.65. The quantitative estimate of drug-likeness (QED) is 0.344. The fourth-order valence-corrected chi connectivity index (χ4v) is 1.29. The highest BCUT2D eigenvalue weighted by Gasteiger charge is 2.18. The number of nitrogens with zero attached hydrogens (tertiary/aromatic N) is 1. The van der Waals surface area contributed by atoms with E-state index in [4.69, 9.17) is 0 Å². The topological polar surface area (TPSA) is 55.7 Å². The molecule has 0 amide bonds. The zero-order valence-corrected chi connectivity index (χ0v) is 8.99. The van der Waals surface area contributed by atoms with Crippen LogP contribution in [0.5, 0.6) is 0 Å². The van der Waals surface area contributed by atoms with Gasteiger partial charge in [0.05, 0.1) is 7.11 Å². The number of nitroso groups, excluding NO2 is 1. The van der Waals surface area contributed by atoms with E-state index < -0.39 is 12.0 Å². The summed E-state index contributed by atoms with van der Waals surface area (Å²) in [6.07, 6.45) is 5.98. The number of carbonyl (C=O) groups excluding carboxylic acids is 1. The van der Waals surface area contributed by atoms with Crippen LogP contribution in [-0.2, 0) is 9.53 Å². The lowest BCUT2D eigenvalue weighted by molar-refractivity contribution is -0.142. The molecule has 0 heterocycles. The van der Waals surface area contributed by atoms with E-state index in [-0.39, 0.29) is 0 Å². The van der Waals surface area contributed by atoms with Crippen LogP contribution in [0.15, 0.2) is 5.18 Å². The van der Waals surface area contributed by atoms with Crippen LogP contribution in [0.1, 0.15) is 45.4 Å². The van der Waals surface area contributed by atoms with Crippen LogP contribution in [0.4, 0.5) is 0 Å². The molecule has 0 rings (SSSR count). The minimum atomic E-state index is -0.804. The Morgan fingerprint density at radius 3 is 2.43 bits per heavy atom. The summed E-state index contributed by atoms with van der Waals surface area (Å²) >= 11 is 0. The van der Waals surface area contributed by atoms with Gasteiger partial charge in [-0.3, -0.25) is 0 Å². The fraction of sp³-hybridized carbons (Fsp3) is 0.900. The molecule has 82 valence electrons. The van der Waals surface area contributed by atoms with Crippen molar-refractivity contribution in [3.63, 3.8) is 0 Å². The molecule has 0 fully saturated rings. The van der Waals surface area contributed by atoms with Gasteiger partial charge in [0.25, 0.3) is 0 Å². The van der Waals surface area contributed by atoms with Gasteiger partial charge >= 0.3 is 5.97 Å². The Bertz CT molecular complexity index is 171. The first-order valence-electron chi connectivity index (χ1n) is 5.16. The Morgan fingerprint density at radius 1 is 1.29 bits per heavy atom. The molecule has 0 aliphatic heterocycles. The van der Waals surface area contributed by atoms with Gasteiger partial charge in [-0.15, -0.1) is 4.91 Å². The molecule has 0 aliphatic rings. The number of methoxy groups -OCH3 is 1. The second-order valence-corrected chi connectivity index (χ2v) is 3.35. The average molecular weight is 201 g/mol. The smallest absolute Gasteiger partial charge is 0.334 e. The summed E-state index contributed by atoms with van der Waals surface area (Å²) in [7, 11) is 1.28. The lowest BCUT2D eigenvalue weighted by Crippen LogP contribution is -2.19. The monoisotopic (exact) mass is 201 g/mol. The molecular formula is C10H19NO3. The van der Waals surface area contributed by atoms with E-state index in [1.54, 1.807) is 0 Å². The summed E-state index contributed by atoms with van der Waals surface area (Å²) in [5.41, 5.74) is 0. The minimum absolute atomic E-state index is 0.514. The number of unbranched alkanes of at least 4 members (excludes halogenated alkanes) is 4. The van der Waals surface area contributed by atoms with Crippen molar-refractivity contribution >= 4 is 5.97 Å². The molecule has 1 unspecified atom stereocenters. The average Bonchev–Trinajstić information content (AvgIpc) is 2.22. The normalized spacial score (nSPS) is 12.1. The fourth-order valence-electron chi connectivity index (χ4n) is 1.29. The lowest BCUT2D eigenvalue weighted by Gasteiger charge is -2.05. The summed E-state index contributed by atoms with van der Waals surface area (Å²) in [5.74, 6) is -0.518. The zero-order valence-electron chi connectivity index (χ0n) is 8.99. The molecule has 0 bridgehead atoms. The molecular weight excluding hydrogens is 182 g/mol. The first-order chi connectivity index (χ1) is 6.76. The Hall–Kier alpha value is -0.930. The van der Waals surface area contributed by atoms with Gasteiger partial charge in [-0.1, -0.05) is 44.2 Å². The molecule has 0 aliphatic carbocycles. The van der Waals surface area contributed by atoms with Crippen LogP contribution in [0.25, 0.3) is 0 Å². The van der Waals surface area contributed by atoms with Crippen LogP contribution in [0.2, 0.25) is 0 Å². The first-order valence-corrected chi connectivity index (χ1v) is 5.16. The maximum absolute atomic E-state index is 10.9. The number of ether oxygens (including phenoxy) is 1. The van der Waals surface area contributed by atoms with E-state index in [2.05, 4.69) is 16.8 Å². The van der Waals surface area contributed by atoms with Gasteiger partial charge in [0.2, 0.25) is 0 Å². The third-order valence-corrected chi connectivity index (χ3v) is 2.18. The van der Waals surface area contributed by atoms with E-state index in [0.717, 1.165) is 19.3 Å². The van der Waals surface area contributed by atoms with Gasteiger partial charge in [-0.2, -0.15) is 0 Å². The largest absolute Gasteiger partial charge is 0.467 e. The van der Waals surface area contributed by atoms with Gasteiger partial charge in [-0.05, 0) is 6.42 Å². The zero-order chi connectivity index (χ0) is 10.8. The van der Waals surface area contributed by atoms with Crippen molar-refractivity contribution in [2.75, 3.05) is 7.11 Å². The summed E-state index contributed by atoms with van der Waals surface area (Å²) in [4.78, 5) is 21.2. The van der Waals surface area contributed by atoms with Crippen LogP contribution in [-0.4, -0.2) is 19.1 Å². The summed E-state index contributed by atoms with van der Waals surface area (Å²) in [6, 6.07) is -0.804. The van der Waals surface area contributed by atoms with Crippen molar-refractivity contribution in [2.24, 2.45) is 5.18 Å². The highest BCUT2D eigenvalue weighted by atomic mass is 16.5. The standard InChI is InChI=1S/C10H19NO3/c1-3-4-5-6-7-8-9(11-13)10(12)14-2/h9H,3-8H2,1-2H3. The highest BCUT2D eigenvalue weighted by Crippen LogP contribution is 2.10. The van der Waals surface area contributed by atoms with Gasteiger partial charge in [0.15, 0.2) is 6.04 Å². The van der Waals surface area contributed by atoms with Crippen molar-refractivity contribution in [3.8, 4) is 0 Å². The molecule has 0 saturated heterocycles. The molecule has 0 aromatic rings.